The van der Waals surface area contributed by atoms with Crippen molar-refractivity contribution >= 4 is 29.5 Å². The molecule has 0 aliphatic carbocycles. The predicted molar refractivity (Wildman–Crippen MR) is 110 cm³/mol. The van der Waals surface area contributed by atoms with Crippen molar-refractivity contribution in [2.75, 3.05) is 25.0 Å². The van der Waals surface area contributed by atoms with Gasteiger partial charge >= 0.3 is 17.8 Å². The van der Waals surface area contributed by atoms with Gasteiger partial charge in [0.25, 0.3) is 0 Å². The van der Waals surface area contributed by atoms with Gasteiger partial charge in [-0.15, -0.1) is 0 Å². The van der Waals surface area contributed by atoms with Crippen molar-refractivity contribution in [3.05, 3.63) is 11.8 Å². The van der Waals surface area contributed by atoms with Gasteiger partial charge in [-0.25, -0.2) is 9.48 Å². The third-order valence-electron chi connectivity index (χ3n) is 4.78. The van der Waals surface area contributed by atoms with E-state index in [4.69, 9.17) is 4.74 Å². The first kappa shape index (κ1) is 23.4. The van der Waals surface area contributed by atoms with Crippen molar-refractivity contribution < 1.29 is 23.9 Å². The number of aryl methyl sites for hydroxylation is 1. The molecule has 10 heteroatoms. The third kappa shape index (κ3) is 5.80. The lowest BCUT2D eigenvalue weighted by Crippen LogP contribution is -2.52. The number of aromatic nitrogens is 2. The minimum Gasteiger partial charge on any atom is -0.462 e. The third-order valence-corrected chi connectivity index (χ3v) is 4.78. The number of ether oxygens (including phenoxy) is 1. The normalized spacial score (nSPS) is 16.3. The van der Waals surface area contributed by atoms with Gasteiger partial charge in [-0.05, 0) is 26.2 Å². The molecule has 0 bridgehead atoms. The Morgan fingerprint density at radius 3 is 2.63 bits per heavy atom. The predicted octanol–water partition coefficient (Wildman–Crippen LogP) is 1.17. The average molecular weight is 421 g/mol. The van der Waals surface area contributed by atoms with Crippen molar-refractivity contribution in [3.8, 4) is 0 Å². The Morgan fingerprint density at radius 2 is 2.00 bits per heavy atom. The molecule has 1 saturated heterocycles. The van der Waals surface area contributed by atoms with Crippen LogP contribution in [-0.4, -0.2) is 64.1 Å². The minimum absolute atomic E-state index is 0.0821. The van der Waals surface area contributed by atoms with Crippen molar-refractivity contribution in [3.63, 3.8) is 0 Å². The lowest BCUT2D eigenvalue weighted by atomic mass is 10.0. The average Bonchev–Trinajstić information content (AvgIpc) is 3.10. The van der Waals surface area contributed by atoms with Crippen LogP contribution in [0.25, 0.3) is 0 Å². The summed E-state index contributed by atoms with van der Waals surface area (Å²) >= 11 is 0. The molecule has 0 unspecified atom stereocenters. The van der Waals surface area contributed by atoms with Gasteiger partial charge in [-0.2, -0.15) is 5.10 Å². The number of hydrogen-bond donors (Lipinski definition) is 2. The van der Waals surface area contributed by atoms with Gasteiger partial charge in [0, 0.05) is 31.6 Å². The van der Waals surface area contributed by atoms with Crippen LogP contribution in [0, 0.1) is 5.92 Å². The molecule has 1 aromatic heterocycles. The van der Waals surface area contributed by atoms with Crippen molar-refractivity contribution in [2.24, 2.45) is 5.92 Å². The highest BCUT2D eigenvalue weighted by atomic mass is 16.5. The summed E-state index contributed by atoms with van der Waals surface area (Å²) in [5.41, 5.74) is 0.104. The number of anilines is 1. The number of esters is 1. The fourth-order valence-electron chi connectivity index (χ4n) is 3.21. The van der Waals surface area contributed by atoms with Crippen LogP contribution in [0.1, 0.15) is 57.3 Å². The van der Waals surface area contributed by atoms with Crippen LogP contribution >= 0.6 is 0 Å². The summed E-state index contributed by atoms with van der Waals surface area (Å²) in [5, 5.41) is 9.57. The molecule has 1 atom stereocenters. The van der Waals surface area contributed by atoms with E-state index in [-0.39, 0.29) is 42.4 Å². The van der Waals surface area contributed by atoms with Gasteiger partial charge in [0.05, 0.1) is 12.8 Å². The van der Waals surface area contributed by atoms with Crippen LogP contribution in [-0.2, 0) is 25.7 Å². The largest absolute Gasteiger partial charge is 0.462 e. The molecule has 3 amide bonds. The zero-order chi connectivity index (χ0) is 22.3. The molecule has 1 aromatic rings. The first-order valence-electron chi connectivity index (χ1n) is 10.4. The van der Waals surface area contributed by atoms with Gasteiger partial charge in [0.2, 0.25) is 5.91 Å². The first-order chi connectivity index (χ1) is 14.3. The van der Waals surface area contributed by atoms with E-state index in [0.717, 1.165) is 12.8 Å². The van der Waals surface area contributed by atoms with Gasteiger partial charge in [0.15, 0.2) is 0 Å². The Labute approximate surface area is 176 Å². The van der Waals surface area contributed by atoms with E-state index >= 15 is 0 Å². The highest BCUT2D eigenvalue weighted by Crippen LogP contribution is 2.18. The molecule has 0 aromatic carbocycles. The number of piperidine rings is 1. The number of carbonyl (C=O) groups excluding carboxylic acids is 4. The second kappa shape index (κ2) is 10.7. The summed E-state index contributed by atoms with van der Waals surface area (Å²) in [4.78, 5) is 50.9. The number of likely N-dealkylation sites (tertiary alicyclic amines) is 1. The van der Waals surface area contributed by atoms with E-state index in [9.17, 15) is 19.2 Å². The molecule has 30 heavy (non-hydrogen) atoms. The fraction of sp³-hybridized carbons (Fsp3) is 0.650. The second-order valence-corrected chi connectivity index (χ2v) is 7.56. The molecule has 10 nitrogen and oxygen atoms in total. The summed E-state index contributed by atoms with van der Waals surface area (Å²) in [5.74, 6) is -2.26. The summed E-state index contributed by atoms with van der Waals surface area (Å²) in [6.45, 7) is 8.56. The van der Waals surface area contributed by atoms with Crippen LogP contribution in [0.3, 0.4) is 0 Å². The molecule has 166 valence electrons. The molecule has 0 radical (unpaired) electrons. The maximum Gasteiger partial charge on any atom is 0.343 e. The number of carbonyl (C=O) groups is 4. The Kier molecular flexibility index (Phi) is 8.37. The zero-order valence-electron chi connectivity index (χ0n) is 18.1. The molecular weight excluding hydrogens is 390 g/mol. The summed E-state index contributed by atoms with van der Waals surface area (Å²) in [6.07, 6.45) is 3.49. The van der Waals surface area contributed by atoms with Crippen LogP contribution in [0.15, 0.2) is 6.20 Å². The maximum absolute atomic E-state index is 12.7. The van der Waals surface area contributed by atoms with E-state index < -0.39 is 17.8 Å². The van der Waals surface area contributed by atoms with Gasteiger partial charge in [-0.3, -0.25) is 14.4 Å². The van der Waals surface area contributed by atoms with Gasteiger partial charge < -0.3 is 20.3 Å². The minimum atomic E-state index is -0.853. The molecule has 0 spiro atoms. The van der Waals surface area contributed by atoms with Crippen molar-refractivity contribution in [1.29, 1.82) is 0 Å². The topological polar surface area (TPSA) is 123 Å². The molecule has 1 fully saturated rings. The Morgan fingerprint density at radius 1 is 1.27 bits per heavy atom. The maximum atomic E-state index is 12.7. The zero-order valence-corrected chi connectivity index (χ0v) is 18.1. The second-order valence-electron chi connectivity index (χ2n) is 7.56. The van der Waals surface area contributed by atoms with Crippen LogP contribution in [0.4, 0.5) is 5.82 Å². The molecule has 2 rings (SSSR count). The number of hydrogen-bond acceptors (Lipinski definition) is 6. The Balaban J connectivity index is 2.09. The lowest BCUT2D eigenvalue weighted by molar-refractivity contribution is -0.144. The summed E-state index contributed by atoms with van der Waals surface area (Å²) in [6, 6.07) is -0.189. The highest BCUT2D eigenvalue weighted by Gasteiger charge is 2.30. The van der Waals surface area contributed by atoms with Crippen LogP contribution in [0.5, 0.6) is 0 Å². The summed E-state index contributed by atoms with van der Waals surface area (Å²) < 4.78 is 6.48. The quantitative estimate of drug-likeness (QED) is 0.503. The fourth-order valence-corrected chi connectivity index (χ4v) is 3.21. The molecule has 2 N–H and O–H groups in total. The Hall–Kier alpha value is -2.91. The van der Waals surface area contributed by atoms with Gasteiger partial charge in [0.1, 0.15) is 11.4 Å². The molecule has 0 saturated carbocycles. The van der Waals surface area contributed by atoms with E-state index in [0.29, 0.717) is 19.5 Å². The number of nitrogens with one attached hydrogen (secondary N) is 2. The molecule has 1 aliphatic heterocycles. The van der Waals surface area contributed by atoms with Gasteiger partial charge in [-0.1, -0.05) is 20.8 Å². The number of nitrogens with zero attached hydrogens (tertiary/aromatic N) is 3. The lowest BCUT2D eigenvalue weighted by Gasteiger charge is -2.33. The van der Waals surface area contributed by atoms with E-state index in [2.05, 4.69) is 15.7 Å². The van der Waals surface area contributed by atoms with E-state index in [1.54, 1.807) is 20.8 Å². The monoisotopic (exact) mass is 421 g/mol. The number of rotatable bonds is 7. The standard InChI is InChI=1S/C20H31N5O5/c1-5-9-25-16(15(11-21-25)20(29)30-6-2)23-18(27)19(28)24-10-7-8-14(12-24)22-17(26)13(3)4/h11,13-14H,5-10,12H2,1-4H3,(H,22,26)(H,23,27)/t14-/m1/s1. The highest BCUT2D eigenvalue weighted by molar-refractivity contribution is 6.39. The SMILES string of the molecule is CCCn1ncc(C(=O)OCC)c1NC(=O)C(=O)N1CCC[C@@H](NC(=O)C(C)C)C1. The Bertz CT molecular complexity index is 789. The number of amides is 3. The van der Waals surface area contributed by atoms with Crippen molar-refractivity contribution in [1.82, 2.24) is 20.0 Å². The van der Waals surface area contributed by atoms with Crippen LogP contribution < -0.4 is 10.6 Å². The summed E-state index contributed by atoms with van der Waals surface area (Å²) in [7, 11) is 0. The van der Waals surface area contributed by atoms with Crippen LogP contribution in [0.2, 0.25) is 0 Å². The molecule has 2 heterocycles. The smallest absolute Gasteiger partial charge is 0.343 e. The van der Waals surface area contributed by atoms with E-state index in [1.165, 1.54) is 15.8 Å². The molecular formula is C20H31N5O5. The first-order valence-corrected chi connectivity index (χ1v) is 10.4. The van der Waals surface area contributed by atoms with E-state index in [1.807, 2.05) is 6.92 Å². The molecule has 1 aliphatic rings. The van der Waals surface area contributed by atoms with Crippen molar-refractivity contribution in [2.45, 2.75) is 59.5 Å².